The topological polar surface area (TPSA) is 102 Å². The number of nitrogens with zero attached hydrogens (tertiary/aromatic N) is 1. The van der Waals surface area contributed by atoms with E-state index >= 15 is 0 Å². The lowest BCUT2D eigenvalue weighted by molar-refractivity contribution is -0.131. The van der Waals surface area contributed by atoms with Crippen LogP contribution in [0.4, 0.5) is 0 Å². The summed E-state index contributed by atoms with van der Waals surface area (Å²) in [5.41, 5.74) is 0.171. The smallest absolute Gasteiger partial charge is 0.338 e. The molecular weight excluding hydrogens is 348 g/mol. The Morgan fingerprint density at radius 1 is 1.28 bits per heavy atom. The quantitative estimate of drug-likeness (QED) is 0.697. The molecule has 1 aliphatic rings. The van der Waals surface area contributed by atoms with Gasteiger partial charge in [-0.25, -0.2) is 17.9 Å². The predicted molar refractivity (Wildman–Crippen MR) is 89.6 cm³/mol. The largest absolute Gasteiger partial charge is 0.452 e. The molecule has 0 radical (unpaired) electrons. The summed E-state index contributed by atoms with van der Waals surface area (Å²) in [5.74, 6) is -1.03. The Morgan fingerprint density at radius 2 is 1.96 bits per heavy atom. The van der Waals surface area contributed by atoms with Crippen LogP contribution in [0.25, 0.3) is 0 Å². The first-order chi connectivity index (χ1) is 11.8. The number of carbonyl (C=O) groups is 2. The van der Waals surface area contributed by atoms with Gasteiger partial charge in [0.25, 0.3) is 5.91 Å². The molecule has 8 nitrogen and oxygen atoms in total. The van der Waals surface area contributed by atoms with Gasteiger partial charge in [-0.3, -0.25) is 4.79 Å². The molecule has 1 N–H and O–H groups in total. The molecule has 138 valence electrons. The molecule has 0 saturated carbocycles. The molecule has 1 aromatic carbocycles. The van der Waals surface area contributed by atoms with E-state index in [0.29, 0.717) is 6.61 Å². The molecule has 1 atom stereocenters. The zero-order valence-corrected chi connectivity index (χ0v) is 15.0. The Balaban J connectivity index is 1.93. The van der Waals surface area contributed by atoms with Crippen molar-refractivity contribution in [1.29, 1.82) is 0 Å². The van der Waals surface area contributed by atoms with Crippen LogP contribution in [-0.2, 0) is 24.3 Å². The van der Waals surface area contributed by atoms with Crippen molar-refractivity contribution >= 4 is 21.9 Å². The van der Waals surface area contributed by atoms with Crippen molar-refractivity contribution in [2.24, 2.45) is 0 Å². The number of ether oxygens (including phenoxy) is 2. The second kappa shape index (κ2) is 8.41. The van der Waals surface area contributed by atoms with E-state index in [4.69, 9.17) is 9.47 Å². The van der Waals surface area contributed by atoms with Gasteiger partial charge in [-0.2, -0.15) is 0 Å². The Labute approximate surface area is 147 Å². The predicted octanol–water partition coefficient (Wildman–Crippen LogP) is 0.389. The van der Waals surface area contributed by atoms with Crippen LogP contribution in [0, 0.1) is 0 Å². The van der Waals surface area contributed by atoms with Gasteiger partial charge in [0.15, 0.2) is 6.61 Å². The van der Waals surface area contributed by atoms with E-state index in [9.17, 15) is 18.0 Å². The van der Waals surface area contributed by atoms with Crippen molar-refractivity contribution in [3.63, 3.8) is 0 Å². The van der Waals surface area contributed by atoms with Crippen molar-refractivity contribution in [2.45, 2.75) is 23.8 Å². The molecule has 25 heavy (non-hydrogen) atoms. The van der Waals surface area contributed by atoms with Crippen LogP contribution in [0.15, 0.2) is 29.2 Å². The lowest BCUT2D eigenvalue weighted by Crippen LogP contribution is -2.31. The average Bonchev–Trinajstić information content (AvgIpc) is 3.11. The normalized spacial score (nSPS) is 17.3. The summed E-state index contributed by atoms with van der Waals surface area (Å²) >= 11 is 0. The van der Waals surface area contributed by atoms with Crippen LogP contribution in [0.1, 0.15) is 23.2 Å². The summed E-state index contributed by atoms with van der Waals surface area (Å²) in [6, 6.07) is 5.34. The van der Waals surface area contributed by atoms with E-state index in [1.54, 1.807) is 14.1 Å². The number of hydrogen-bond acceptors (Lipinski definition) is 6. The third-order valence-corrected chi connectivity index (χ3v) is 5.19. The minimum absolute atomic E-state index is 0.0476. The van der Waals surface area contributed by atoms with Gasteiger partial charge in [0.05, 0.1) is 16.6 Å². The second-order valence-electron chi connectivity index (χ2n) is 5.88. The summed E-state index contributed by atoms with van der Waals surface area (Å²) in [6.45, 7) is 0.507. The van der Waals surface area contributed by atoms with E-state index < -0.39 is 16.0 Å². The zero-order valence-electron chi connectivity index (χ0n) is 14.2. The van der Waals surface area contributed by atoms with Gasteiger partial charge in [-0.15, -0.1) is 0 Å². The zero-order chi connectivity index (χ0) is 18.4. The first kappa shape index (κ1) is 19.4. The van der Waals surface area contributed by atoms with Crippen molar-refractivity contribution < 1.29 is 27.5 Å². The molecule has 0 spiro atoms. The van der Waals surface area contributed by atoms with Crippen molar-refractivity contribution in [3.05, 3.63) is 29.8 Å². The van der Waals surface area contributed by atoms with Gasteiger partial charge >= 0.3 is 5.97 Å². The molecule has 1 heterocycles. The minimum atomic E-state index is -3.67. The maximum absolute atomic E-state index is 12.2. The Kier molecular flexibility index (Phi) is 6.51. The summed E-state index contributed by atoms with van der Waals surface area (Å²) in [7, 11) is -0.560. The van der Waals surface area contributed by atoms with Crippen LogP contribution in [0.2, 0.25) is 0 Å². The fourth-order valence-electron chi connectivity index (χ4n) is 2.20. The standard InChI is InChI=1S/C16H22N2O6S/c1-18(2)15(19)11-24-16(20)12-5-7-14(8-6-12)25(21,22)17-10-13-4-3-9-23-13/h5-8,13,17H,3-4,9-11H2,1-2H3/t13-/m1/s1. The summed E-state index contributed by atoms with van der Waals surface area (Å²) in [6.07, 6.45) is 1.66. The molecule has 0 aliphatic carbocycles. The number of nitrogens with one attached hydrogen (secondary N) is 1. The highest BCUT2D eigenvalue weighted by atomic mass is 32.2. The number of esters is 1. The molecule has 1 amide bonds. The van der Waals surface area contributed by atoms with Crippen LogP contribution in [0.3, 0.4) is 0 Å². The molecule has 1 aliphatic heterocycles. The van der Waals surface area contributed by atoms with E-state index in [-0.39, 0.29) is 35.6 Å². The summed E-state index contributed by atoms with van der Waals surface area (Å²) in [4.78, 5) is 24.6. The summed E-state index contributed by atoms with van der Waals surface area (Å²) < 4.78 is 37.2. The van der Waals surface area contributed by atoms with Crippen LogP contribution in [-0.4, -0.2) is 65.2 Å². The molecule has 2 rings (SSSR count). The molecule has 0 aromatic heterocycles. The Bertz CT molecular complexity index is 709. The number of rotatable bonds is 7. The second-order valence-corrected chi connectivity index (χ2v) is 7.64. The third-order valence-electron chi connectivity index (χ3n) is 3.75. The van der Waals surface area contributed by atoms with Crippen molar-refractivity contribution in [3.8, 4) is 0 Å². The van der Waals surface area contributed by atoms with Crippen LogP contribution in [0.5, 0.6) is 0 Å². The Morgan fingerprint density at radius 3 is 2.52 bits per heavy atom. The first-order valence-electron chi connectivity index (χ1n) is 7.88. The number of amides is 1. The molecule has 1 fully saturated rings. The number of carbonyl (C=O) groups excluding carboxylic acids is 2. The number of hydrogen-bond donors (Lipinski definition) is 1. The highest BCUT2D eigenvalue weighted by Gasteiger charge is 2.20. The fraction of sp³-hybridized carbons (Fsp3) is 0.500. The maximum atomic E-state index is 12.2. The lowest BCUT2D eigenvalue weighted by Gasteiger charge is -2.12. The average molecular weight is 370 g/mol. The third kappa shape index (κ3) is 5.52. The number of sulfonamides is 1. The van der Waals surface area contributed by atoms with Gasteiger partial charge in [0, 0.05) is 27.2 Å². The van der Waals surface area contributed by atoms with Gasteiger partial charge < -0.3 is 14.4 Å². The van der Waals surface area contributed by atoms with E-state index in [2.05, 4.69) is 4.72 Å². The fourth-order valence-corrected chi connectivity index (χ4v) is 3.27. The highest BCUT2D eigenvalue weighted by Crippen LogP contribution is 2.14. The molecule has 0 unspecified atom stereocenters. The SMILES string of the molecule is CN(C)C(=O)COC(=O)c1ccc(S(=O)(=O)NC[C@H]2CCCO2)cc1. The summed E-state index contributed by atoms with van der Waals surface area (Å²) in [5, 5.41) is 0. The van der Waals surface area contributed by atoms with Crippen molar-refractivity contribution in [1.82, 2.24) is 9.62 Å². The van der Waals surface area contributed by atoms with Crippen molar-refractivity contribution in [2.75, 3.05) is 33.9 Å². The molecule has 0 bridgehead atoms. The molecule has 1 saturated heterocycles. The molecule has 1 aromatic rings. The van der Waals surface area contributed by atoms with Gasteiger partial charge in [-0.1, -0.05) is 0 Å². The minimum Gasteiger partial charge on any atom is -0.452 e. The molecular formula is C16H22N2O6S. The number of likely N-dealkylation sites (N-methyl/N-ethyl adjacent to an activating group) is 1. The van der Waals surface area contributed by atoms with E-state index in [1.807, 2.05) is 0 Å². The first-order valence-corrected chi connectivity index (χ1v) is 9.36. The van der Waals surface area contributed by atoms with Gasteiger partial charge in [0.2, 0.25) is 10.0 Å². The molecule has 9 heteroatoms. The van der Waals surface area contributed by atoms with Gasteiger partial charge in [-0.05, 0) is 37.1 Å². The number of benzene rings is 1. The van der Waals surface area contributed by atoms with Gasteiger partial charge in [0.1, 0.15) is 0 Å². The van der Waals surface area contributed by atoms with E-state index in [1.165, 1.54) is 29.2 Å². The lowest BCUT2D eigenvalue weighted by atomic mass is 10.2. The monoisotopic (exact) mass is 370 g/mol. The highest BCUT2D eigenvalue weighted by molar-refractivity contribution is 7.89. The van der Waals surface area contributed by atoms with Crippen LogP contribution < -0.4 is 4.72 Å². The van der Waals surface area contributed by atoms with E-state index in [0.717, 1.165) is 12.8 Å². The maximum Gasteiger partial charge on any atom is 0.338 e. The van der Waals surface area contributed by atoms with Crippen LogP contribution >= 0.6 is 0 Å². The Hall–Kier alpha value is -1.97.